The van der Waals surface area contributed by atoms with Crippen LogP contribution < -0.4 is 10.6 Å². The Labute approximate surface area is 335 Å². The molecular weight excluding hydrogens is 720 g/mol. The highest BCUT2D eigenvalue weighted by molar-refractivity contribution is 6.00. The van der Waals surface area contributed by atoms with Crippen molar-refractivity contribution in [2.75, 3.05) is 52.3 Å². The molecule has 12 heteroatoms. The summed E-state index contributed by atoms with van der Waals surface area (Å²) in [6, 6.07) is 20.6. The number of benzene rings is 3. The van der Waals surface area contributed by atoms with Crippen molar-refractivity contribution in [2.24, 2.45) is 0 Å². The van der Waals surface area contributed by atoms with E-state index in [0.717, 1.165) is 83.7 Å². The number of ether oxygens (including phenoxy) is 1. The van der Waals surface area contributed by atoms with Gasteiger partial charge in [-0.05, 0) is 86.2 Å². The first kappa shape index (κ1) is 40.0. The Balaban J connectivity index is 1.06. The first-order chi connectivity index (χ1) is 27.6. The number of halogens is 1. The number of pyridine rings is 1. The molecule has 2 fully saturated rings. The number of aromatic nitrogens is 3. The van der Waals surface area contributed by atoms with Gasteiger partial charge in [-0.2, -0.15) is 5.10 Å². The fraction of sp³-hybridized carbons (Fsp3) is 0.422. The molecule has 0 aliphatic carbocycles. The molecule has 11 nitrogen and oxygen atoms in total. The number of anilines is 1. The van der Waals surface area contributed by atoms with E-state index in [1.54, 1.807) is 54.2 Å². The molecule has 2 aromatic heterocycles. The van der Waals surface area contributed by atoms with Crippen molar-refractivity contribution in [3.05, 3.63) is 112 Å². The number of fused-ring (bicyclic) bond motifs is 1. The smallest absolute Gasteiger partial charge is 0.253 e. The van der Waals surface area contributed by atoms with Gasteiger partial charge in [-0.1, -0.05) is 37.3 Å². The summed E-state index contributed by atoms with van der Waals surface area (Å²) in [4.78, 5) is 38.6. The van der Waals surface area contributed by atoms with Crippen molar-refractivity contribution in [1.82, 2.24) is 34.8 Å². The third-order valence-corrected chi connectivity index (χ3v) is 11.2. The van der Waals surface area contributed by atoms with Crippen molar-refractivity contribution < 1.29 is 18.7 Å². The minimum Gasteiger partial charge on any atom is -0.381 e. The summed E-state index contributed by atoms with van der Waals surface area (Å²) >= 11 is 0. The monoisotopic (exact) mass is 774 g/mol. The van der Waals surface area contributed by atoms with Crippen LogP contribution in [0, 0.1) is 5.82 Å². The molecule has 2 saturated heterocycles. The standard InChI is InChI=1S/C45H55FN8O3/c1-6-41-39(42(49-36-16-20-57-21-17-36)38-25-48-54(7-2)43(38)50-41)29-52(5)45(56)35-13-9-12-34(24-35)44(55)51(4)27-32-14-15-40(46)37(23-32)33-11-8-10-31(22-33)28-53-19-18-47-30(3)26-53/h8-15,22-25,30,36,47H,6-7,16-21,26-29H2,1-5H3,(H,49,50)/t30-/m0/s1. The Morgan fingerprint density at radius 3 is 2.40 bits per heavy atom. The zero-order valence-electron chi connectivity index (χ0n) is 33.9. The average molecular weight is 775 g/mol. The number of amides is 2. The lowest BCUT2D eigenvalue weighted by molar-refractivity contribution is 0.0783. The first-order valence-corrected chi connectivity index (χ1v) is 20.3. The van der Waals surface area contributed by atoms with Gasteiger partial charge in [-0.25, -0.2) is 14.1 Å². The third-order valence-electron chi connectivity index (χ3n) is 11.2. The minimum atomic E-state index is -0.305. The van der Waals surface area contributed by atoms with Gasteiger partial charge in [0, 0.05) is 113 Å². The van der Waals surface area contributed by atoms with Gasteiger partial charge < -0.3 is 25.2 Å². The van der Waals surface area contributed by atoms with Crippen LogP contribution in [0.25, 0.3) is 22.2 Å². The molecule has 7 rings (SSSR count). The maximum Gasteiger partial charge on any atom is 0.253 e. The highest BCUT2D eigenvalue weighted by Crippen LogP contribution is 2.33. The van der Waals surface area contributed by atoms with Gasteiger partial charge in [-0.3, -0.25) is 14.5 Å². The molecule has 300 valence electrons. The van der Waals surface area contributed by atoms with Gasteiger partial charge in [0.15, 0.2) is 5.65 Å². The number of carbonyl (C=O) groups is 2. The van der Waals surface area contributed by atoms with Gasteiger partial charge in [-0.15, -0.1) is 0 Å². The molecule has 2 aliphatic heterocycles. The highest BCUT2D eigenvalue weighted by Gasteiger charge is 2.25. The van der Waals surface area contributed by atoms with Crippen molar-refractivity contribution in [1.29, 1.82) is 0 Å². The number of nitrogens with one attached hydrogen (secondary N) is 2. The van der Waals surface area contributed by atoms with Crippen molar-refractivity contribution in [3.8, 4) is 11.1 Å². The van der Waals surface area contributed by atoms with Crippen LogP contribution >= 0.6 is 0 Å². The van der Waals surface area contributed by atoms with Crippen LogP contribution in [0.15, 0.2) is 72.9 Å². The summed E-state index contributed by atoms with van der Waals surface area (Å²) in [5.41, 5.74) is 7.76. The largest absolute Gasteiger partial charge is 0.381 e. The topological polar surface area (TPSA) is 108 Å². The molecule has 2 N–H and O–H groups in total. The van der Waals surface area contributed by atoms with E-state index in [9.17, 15) is 9.59 Å². The number of hydrogen-bond acceptors (Lipinski definition) is 8. The molecular formula is C45H55FN8O3. The molecule has 2 aliphatic rings. The number of nitrogens with zero attached hydrogens (tertiary/aromatic N) is 6. The SMILES string of the molecule is CCc1nc2c(cnn2CC)c(NC2CCOCC2)c1CN(C)C(=O)c1cccc(C(=O)N(C)Cc2ccc(F)c(-c3cccc(CN4CCN[C@@H](C)C4)c3)c2)c1. The van der Waals surface area contributed by atoms with E-state index < -0.39 is 0 Å². The lowest BCUT2D eigenvalue weighted by Crippen LogP contribution is -2.48. The van der Waals surface area contributed by atoms with Crippen LogP contribution in [0.1, 0.15) is 76.7 Å². The normalized spacial score (nSPS) is 16.5. The number of hydrogen-bond donors (Lipinski definition) is 2. The van der Waals surface area contributed by atoms with Crippen LogP contribution in [0.3, 0.4) is 0 Å². The van der Waals surface area contributed by atoms with Crippen molar-refractivity contribution in [3.63, 3.8) is 0 Å². The first-order valence-electron chi connectivity index (χ1n) is 20.3. The Bertz CT molecular complexity index is 2220. The molecule has 0 saturated carbocycles. The summed E-state index contributed by atoms with van der Waals surface area (Å²) < 4.78 is 22.8. The van der Waals surface area contributed by atoms with Crippen LogP contribution in [-0.4, -0.2) is 100 Å². The summed E-state index contributed by atoms with van der Waals surface area (Å²) in [5.74, 6) is -0.739. The highest BCUT2D eigenvalue weighted by atomic mass is 19.1. The second-order valence-electron chi connectivity index (χ2n) is 15.5. The van der Waals surface area contributed by atoms with Crippen LogP contribution in [-0.2, 0) is 37.3 Å². The lowest BCUT2D eigenvalue weighted by atomic mass is 9.99. The summed E-state index contributed by atoms with van der Waals surface area (Å²) in [7, 11) is 3.51. The number of carbonyl (C=O) groups excluding carboxylic acids is 2. The van der Waals surface area contributed by atoms with E-state index in [2.05, 4.69) is 53.5 Å². The molecule has 0 unspecified atom stereocenters. The number of aryl methyl sites for hydroxylation is 2. The third kappa shape index (κ3) is 9.19. The Morgan fingerprint density at radius 1 is 0.947 bits per heavy atom. The van der Waals surface area contributed by atoms with Crippen LogP contribution in [0.2, 0.25) is 0 Å². The van der Waals surface area contributed by atoms with Gasteiger partial charge in [0.05, 0.1) is 17.3 Å². The van der Waals surface area contributed by atoms with E-state index in [1.165, 1.54) is 6.07 Å². The molecule has 57 heavy (non-hydrogen) atoms. The van der Waals surface area contributed by atoms with Gasteiger partial charge in [0.1, 0.15) is 5.82 Å². The van der Waals surface area contributed by atoms with E-state index in [0.29, 0.717) is 55.5 Å². The van der Waals surface area contributed by atoms with Crippen molar-refractivity contribution >= 4 is 28.5 Å². The predicted octanol–water partition coefficient (Wildman–Crippen LogP) is 6.75. The maximum absolute atomic E-state index is 15.3. The molecule has 0 radical (unpaired) electrons. The fourth-order valence-electron chi connectivity index (χ4n) is 8.10. The number of rotatable bonds is 13. The molecule has 2 amide bonds. The van der Waals surface area contributed by atoms with Crippen LogP contribution in [0.5, 0.6) is 0 Å². The Kier molecular flexibility index (Phi) is 12.6. The maximum atomic E-state index is 15.3. The summed E-state index contributed by atoms with van der Waals surface area (Å²) in [6.07, 6.45) is 4.34. The quantitative estimate of drug-likeness (QED) is 0.135. The molecule has 0 bridgehead atoms. The Morgan fingerprint density at radius 2 is 1.68 bits per heavy atom. The zero-order chi connectivity index (χ0) is 40.1. The average Bonchev–Trinajstić information content (AvgIpc) is 3.65. The molecule has 3 aromatic carbocycles. The fourth-order valence-corrected chi connectivity index (χ4v) is 8.10. The predicted molar refractivity (Wildman–Crippen MR) is 223 cm³/mol. The zero-order valence-corrected chi connectivity index (χ0v) is 33.9. The molecule has 4 heterocycles. The molecule has 1 atom stereocenters. The van der Waals surface area contributed by atoms with E-state index >= 15 is 4.39 Å². The minimum absolute atomic E-state index is 0.201. The summed E-state index contributed by atoms with van der Waals surface area (Å²) in [6.45, 7) is 12.7. The second-order valence-corrected chi connectivity index (χ2v) is 15.5. The number of piperazine rings is 1. The Hall–Kier alpha value is -5.17. The van der Waals surface area contributed by atoms with E-state index in [4.69, 9.17) is 9.72 Å². The van der Waals surface area contributed by atoms with Gasteiger partial charge in [0.25, 0.3) is 11.8 Å². The second kappa shape index (κ2) is 18.0. The van der Waals surface area contributed by atoms with E-state index in [-0.39, 0.29) is 30.2 Å². The van der Waals surface area contributed by atoms with Gasteiger partial charge in [0.2, 0.25) is 0 Å². The van der Waals surface area contributed by atoms with Gasteiger partial charge >= 0.3 is 0 Å². The molecule has 0 spiro atoms. The van der Waals surface area contributed by atoms with E-state index in [1.807, 2.05) is 29.1 Å². The summed E-state index contributed by atoms with van der Waals surface area (Å²) in [5, 5.41) is 12.8. The van der Waals surface area contributed by atoms with Crippen LogP contribution in [0.4, 0.5) is 10.1 Å². The molecule has 5 aromatic rings. The lowest BCUT2D eigenvalue weighted by Gasteiger charge is -2.31. The van der Waals surface area contributed by atoms with Crippen molar-refractivity contribution in [2.45, 2.75) is 78.3 Å².